The Hall–Kier alpha value is -1.12. The van der Waals surface area contributed by atoms with Gasteiger partial charge in [0.05, 0.1) is 11.2 Å². The third-order valence-electron chi connectivity index (χ3n) is 2.06. The van der Waals surface area contributed by atoms with Gasteiger partial charge in [-0.2, -0.15) is 0 Å². The highest BCUT2D eigenvalue weighted by molar-refractivity contribution is 7.89. The molecular formula is C9H12FN3O2S2. The first kappa shape index (κ1) is 13.9. The molecule has 1 aromatic heterocycles. The van der Waals surface area contributed by atoms with E-state index in [1.165, 1.54) is 7.05 Å². The van der Waals surface area contributed by atoms with Gasteiger partial charge in [-0.05, 0) is 6.07 Å². The van der Waals surface area contributed by atoms with Gasteiger partial charge in [0.15, 0.2) is 0 Å². The molecule has 0 radical (unpaired) electrons. The minimum atomic E-state index is -3.74. The van der Waals surface area contributed by atoms with Gasteiger partial charge in [-0.25, -0.2) is 17.1 Å². The average Bonchev–Trinajstić information content (AvgIpc) is 2.25. The van der Waals surface area contributed by atoms with Crippen LogP contribution in [0.5, 0.6) is 0 Å². The monoisotopic (exact) mass is 277 g/mol. The normalized spacial score (nSPS) is 11.7. The van der Waals surface area contributed by atoms with Crippen molar-refractivity contribution in [2.45, 2.75) is 11.3 Å². The fraction of sp³-hybridized carbons (Fsp3) is 0.333. The molecular weight excluding hydrogens is 265 g/mol. The van der Waals surface area contributed by atoms with Gasteiger partial charge in [-0.3, -0.25) is 4.98 Å². The Kier molecular flexibility index (Phi) is 4.49. The number of thiocarbonyl (C=S) groups is 1. The van der Waals surface area contributed by atoms with Crippen LogP contribution in [0.1, 0.15) is 6.42 Å². The van der Waals surface area contributed by atoms with Crippen molar-refractivity contribution >= 4 is 27.2 Å². The molecule has 0 atom stereocenters. The van der Waals surface area contributed by atoms with Crippen LogP contribution in [0.3, 0.4) is 0 Å². The fourth-order valence-corrected chi connectivity index (χ4v) is 2.34. The number of nitrogens with two attached hydrogens (primary N) is 1. The Labute approximate surface area is 104 Å². The summed E-state index contributed by atoms with van der Waals surface area (Å²) in [5.74, 6) is -0.700. The Morgan fingerprint density at radius 1 is 1.59 bits per heavy atom. The molecule has 1 heterocycles. The van der Waals surface area contributed by atoms with Crippen molar-refractivity contribution in [2.24, 2.45) is 5.73 Å². The summed E-state index contributed by atoms with van der Waals surface area (Å²) in [5, 5.41) is 0. The number of aromatic nitrogens is 1. The molecule has 0 saturated carbocycles. The van der Waals surface area contributed by atoms with Crippen LogP contribution >= 0.6 is 12.2 Å². The van der Waals surface area contributed by atoms with E-state index in [0.29, 0.717) is 0 Å². The van der Waals surface area contributed by atoms with E-state index in [9.17, 15) is 12.8 Å². The highest BCUT2D eigenvalue weighted by Gasteiger charge is 2.21. The van der Waals surface area contributed by atoms with Gasteiger partial charge in [-0.15, -0.1) is 0 Å². The van der Waals surface area contributed by atoms with Crippen LogP contribution in [0.4, 0.5) is 4.39 Å². The predicted molar refractivity (Wildman–Crippen MR) is 65.4 cm³/mol. The van der Waals surface area contributed by atoms with E-state index >= 15 is 0 Å². The lowest BCUT2D eigenvalue weighted by molar-refractivity contribution is 0.477. The molecule has 0 aliphatic heterocycles. The third-order valence-corrected chi connectivity index (χ3v) is 4.09. The minimum Gasteiger partial charge on any atom is -0.393 e. The van der Waals surface area contributed by atoms with E-state index in [-0.39, 0.29) is 22.8 Å². The zero-order valence-corrected chi connectivity index (χ0v) is 10.8. The molecule has 0 unspecified atom stereocenters. The summed E-state index contributed by atoms with van der Waals surface area (Å²) >= 11 is 4.66. The first-order valence-corrected chi connectivity index (χ1v) is 6.54. The number of hydrogen-bond donors (Lipinski definition) is 1. The van der Waals surface area contributed by atoms with Crippen molar-refractivity contribution in [3.8, 4) is 0 Å². The van der Waals surface area contributed by atoms with Gasteiger partial charge in [0.25, 0.3) is 0 Å². The molecule has 94 valence electrons. The maximum Gasteiger partial charge on any atom is 0.244 e. The second kappa shape index (κ2) is 5.48. The molecule has 1 rings (SSSR count). The second-order valence-corrected chi connectivity index (χ2v) is 5.95. The fourth-order valence-electron chi connectivity index (χ4n) is 1.10. The van der Waals surface area contributed by atoms with Crippen LogP contribution in [0.2, 0.25) is 0 Å². The summed E-state index contributed by atoms with van der Waals surface area (Å²) in [6.45, 7) is 0.147. The molecule has 8 heteroatoms. The van der Waals surface area contributed by atoms with Gasteiger partial charge in [0, 0.05) is 26.2 Å². The summed E-state index contributed by atoms with van der Waals surface area (Å²) in [6.07, 6.45) is 2.30. The number of rotatable bonds is 5. The summed E-state index contributed by atoms with van der Waals surface area (Å²) in [4.78, 5) is 3.53. The van der Waals surface area contributed by atoms with Crippen molar-refractivity contribution in [1.29, 1.82) is 0 Å². The SMILES string of the molecule is CN(CCC(N)=S)S(=O)(=O)c1cncc(F)c1. The van der Waals surface area contributed by atoms with Gasteiger partial charge in [-0.1, -0.05) is 12.2 Å². The number of halogens is 1. The molecule has 2 N–H and O–H groups in total. The van der Waals surface area contributed by atoms with E-state index in [1.807, 2.05) is 0 Å². The van der Waals surface area contributed by atoms with E-state index in [2.05, 4.69) is 17.2 Å². The van der Waals surface area contributed by atoms with E-state index < -0.39 is 15.8 Å². The smallest absolute Gasteiger partial charge is 0.244 e. The zero-order chi connectivity index (χ0) is 13.1. The predicted octanol–water partition coefficient (Wildman–Crippen LogP) is 0.517. The molecule has 0 bridgehead atoms. The van der Waals surface area contributed by atoms with E-state index in [1.54, 1.807) is 0 Å². The van der Waals surface area contributed by atoms with Crippen molar-refractivity contribution < 1.29 is 12.8 Å². The van der Waals surface area contributed by atoms with Gasteiger partial charge in [0.1, 0.15) is 10.7 Å². The van der Waals surface area contributed by atoms with Gasteiger partial charge < -0.3 is 5.73 Å². The molecule has 0 saturated heterocycles. The van der Waals surface area contributed by atoms with E-state index in [0.717, 1.165) is 22.8 Å². The van der Waals surface area contributed by atoms with Gasteiger partial charge >= 0.3 is 0 Å². The summed E-state index contributed by atoms with van der Waals surface area (Å²) in [6, 6.07) is 0.916. The Balaban J connectivity index is 2.91. The minimum absolute atomic E-state index is 0.147. The molecule has 5 nitrogen and oxygen atoms in total. The highest BCUT2D eigenvalue weighted by Crippen LogP contribution is 2.14. The van der Waals surface area contributed by atoms with Crippen LogP contribution in [0.25, 0.3) is 0 Å². The molecule has 0 fully saturated rings. The summed E-state index contributed by atoms with van der Waals surface area (Å²) in [7, 11) is -2.37. The largest absolute Gasteiger partial charge is 0.393 e. The van der Waals surface area contributed by atoms with Crippen LogP contribution < -0.4 is 5.73 Å². The molecule has 0 aromatic carbocycles. The number of nitrogens with zero attached hydrogens (tertiary/aromatic N) is 2. The molecule has 17 heavy (non-hydrogen) atoms. The first-order valence-electron chi connectivity index (χ1n) is 4.69. The average molecular weight is 277 g/mol. The summed E-state index contributed by atoms with van der Waals surface area (Å²) < 4.78 is 37.8. The Morgan fingerprint density at radius 2 is 2.24 bits per heavy atom. The Morgan fingerprint density at radius 3 is 2.76 bits per heavy atom. The van der Waals surface area contributed by atoms with Crippen LogP contribution in [-0.2, 0) is 10.0 Å². The van der Waals surface area contributed by atoms with Crippen LogP contribution in [-0.4, -0.2) is 36.3 Å². The topological polar surface area (TPSA) is 76.3 Å². The second-order valence-electron chi connectivity index (χ2n) is 3.38. The molecule has 0 aliphatic carbocycles. The van der Waals surface area contributed by atoms with Gasteiger partial charge in [0.2, 0.25) is 10.0 Å². The van der Waals surface area contributed by atoms with Crippen molar-refractivity contribution in [3.05, 3.63) is 24.3 Å². The number of hydrogen-bond acceptors (Lipinski definition) is 4. The third kappa shape index (κ3) is 3.69. The first-order chi connectivity index (χ1) is 7.84. The van der Waals surface area contributed by atoms with Crippen molar-refractivity contribution in [3.63, 3.8) is 0 Å². The Bertz CT molecular complexity index is 519. The summed E-state index contributed by atoms with van der Waals surface area (Å²) in [5.41, 5.74) is 5.28. The van der Waals surface area contributed by atoms with Crippen LogP contribution in [0.15, 0.2) is 23.4 Å². The number of pyridine rings is 1. The zero-order valence-electron chi connectivity index (χ0n) is 9.13. The van der Waals surface area contributed by atoms with Crippen LogP contribution in [0, 0.1) is 5.82 Å². The molecule has 0 aliphatic rings. The lowest BCUT2D eigenvalue weighted by Gasteiger charge is -2.16. The molecule has 1 aromatic rings. The lowest BCUT2D eigenvalue weighted by atomic mass is 10.4. The molecule has 0 spiro atoms. The van der Waals surface area contributed by atoms with Crippen molar-refractivity contribution in [2.75, 3.05) is 13.6 Å². The maximum absolute atomic E-state index is 12.9. The quantitative estimate of drug-likeness (QED) is 0.794. The van der Waals surface area contributed by atoms with E-state index in [4.69, 9.17) is 5.73 Å². The maximum atomic E-state index is 12.9. The van der Waals surface area contributed by atoms with Crippen molar-refractivity contribution in [1.82, 2.24) is 9.29 Å². The highest BCUT2D eigenvalue weighted by atomic mass is 32.2. The standard InChI is InChI=1S/C9H12FN3O2S2/c1-13(3-2-9(11)16)17(14,15)8-4-7(10)5-12-6-8/h4-6H,2-3H2,1H3,(H2,11,16). The molecule has 0 amide bonds. The lowest BCUT2D eigenvalue weighted by Crippen LogP contribution is -2.30. The number of sulfonamides is 1.